The van der Waals surface area contributed by atoms with E-state index in [0.717, 1.165) is 12.8 Å². The Kier molecular flexibility index (Phi) is 11.1. The van der Waals surface area contributed by atoms with Crippen LogP contribution in [0, 0.1) is 0 Å². The van der Waals surface area contributed by atoms with Crippen molar-refractivity contribution in [1.29, 1.82) is 0 Å². The van der Waals surface area contributed by atoms with Gasteiger partial charge in [0.05, 0.1) is 0 Å². The highest BCUT2D eigenvalue weighted by atomic mass is 28.4. The number of carbonyl (C=O) groups is 1. The summed E-state index contributed by atoms with van der Waals surface area (Å²) >= 11 is 0. The van der Waals surface area contributed by atoms with E-state index in [1.807, 2.05) is 27.7 Å². The minimum Gasteiger partial charge on any atom is -0.518 e. The van der Waals surface area contributed by atoms with Gasteiger partial charge in [0.25, 0.3) is 14.3 Å². The van der Waals surface area contributed by atoms with Crippen LogP contribution in [0.2, 0.25) is 21.2 Å². The molecule has 6 heteroatoms. The first-order chi connectivity index (χ1) is 12.4. The summed E-state index contributed by atoms with van der Waals surface area (Å²) in [5.41, 5.74) is 0.791. The zero-order valence-corrected chi connectivity index (χ0v) is 21.8. The lowest BCUT2D eigenvalue weighted by Gasteiger charge is -2.50. The maximum Gasteiger partial charge on any atom is 0.402 e. The van der Waals surface area contributed by atoms with E-state index in [1.54, 1.807) is 0 Å². The molecule has 0 fully saturated rings. The molecule has 0 spiro atoms. The molecule has 27 heavy (non-hydrogen) atoms. The van der Waals surface area contributed by atoms with Gasteiger partial charge in [0, 0.05) is 13.2 Å². The molecule has 0 bridgehead atoms. The highest BCUT2D eigenvalue weighted by Gasteiger charge is 2.59. The molecule has 0 rings (SSSR count). The third-order valence-corrected chi connectivity index (χ3v) is 15.5. The fourth-order valence-corrected chi connectivity index (χ4v) is 12.4. The summed E-state index contributed by atoms with van der Waals surface area (Å²) < 4.78 is 18.6. The Morgan fingerprint density at radius 1 is 0.889 bits per heavy atom. The van der Waals surface area contributed by atoms with Gasteiger partial charge in [-0.25, -0.2) is 0 Å². The summed E-state index contributed by atoms with van der Waals surface area (Å²) in [6.07, 6.45) is 2.72. The van der Waals surface area contributed by atoms with Gasteiger partial charge in [-0.3, -0.25) is 4.79 Å². The smallest absolute Gasteiger partial charge is 0.402 e. The number of hydrogen-bond donors (Lipinski definition) is 0. The maximum absolute atomic E-state index is 13.7. The van der Waals surface area contributed by atoms with E-state index >= 15 is 0 Å². The molecule has 0 heterocycles. The van der Waals surface area contributed by atoms with Gasteiger partial charge in [0.15, 0.2) is 0 Å². The second kappa shape index (κ2) is 11.1. The first kappa shape index (κ1) is 26.8. The van der Waals surface area contributed by atoms with Crippen LogP contribution in [0.15, 0.2) is 0 Å². The lowest BCUT2D eigenvalue weighted by atomic mass is 10.1. The SMILES string of the molecule is CCO[Si](OCC)C(C)(CC)C(=O)O[Si](C(C)CC)(C(C)CC)C(C)(C)C. The third kappa shape index (κ3) is 5.67. The quantitative estimate of drug-likeness (QED) is 0.335. The highest BCUT2D eigenvalue weighted by molar-refractivity contribution is 6.81. The standard InChI is InChI=1S/C21H45O4Si2/c1-12-17(6)27(18(7)13-2,20(8,9)10)25-19(22)21(11,14-3)26(23-15-4)24-16-5/h17-18H,12-16H2,1-11H3. The van der Waals surface area contributed by atoms with Crippen LogP contribution in [0.25, 0.3) is 0 Å². The Balaban J connectivity index is 6.17. The van der Waals surface area contributed by atoms with Crippen molar-refractivity contribution in [2.24, 2.45) is 0 Å². The minimum atomic E-state index is -2.43. The van der Waals surface area contributed by atoms with E-state index in [0.29, 0.717) is 30.7 Å². The van der Waals surface area contributed by atoms with E-state index < -0.39 is 22.6 Å². The first-order valence-electron chi connectivity index (χ1n) is 10.8. The van der Waals surface area contributed by atoms with Gasteiger partial charge in [-0.2, -0.15) is 0 Å². The molecule has 0 aromatic heterocycles. The Morgan fingerprint density at radius 3 is 1.56 bits per heavy atom. The van der Waals surface area contributed by atoms with E-state index in [9.17, 15) is 4.79 Å². The maximum atomic E-state index is 13.7. The number of rotatable bonds is 12. The Hall–Kier alpha value is -0.176. The Bertz CT molecular complexity index is 434. The van der Waals surface area contributed by atoms with Crippen LogP contribution in [0.3, 0.4) is 0 Å². The lowest BCUT2D eigenvalue weighted by Crippen LogP contribution is -2.57. The van der Waals surface area contributed by atoms with Gasteiger partial charge >= 0.3 is 9.28 Å². The summed E-state index contributed by atoms with van der Waals surface area (Å²) in [4.78, 5) is 13.7. The van der Waals surface area contributed by atoms with E-state index in [-0.39, 0.29) is 11.0 Å². The van der Waals surface area contributed by atoms with Gasteiger partial charge in [-0.15, -0.1) is 0 Å². The normalized spacial score (nSPS) is 19.3. The topological polar surface area (TPSA) is 44.8 Å². The van der Waals surface area contributed by atoms with Gasteiger partial charge in [0.2, 0.25) is 0 Å². The van der Waals surface area contributed by atoms with Gasteiger partial charge in [0.1, 0.15) is 5.04 Å². The summed E-state index contributed by atoms with van der Waals surface area (Å²) in [5, 5.41) is -0.743. The van der Waals surface area contributed by atoms with E-state index in [2.05, 4.69) is 48.5 Å². The summed E-state index contributed by atoms with van der Waals surface area (Å²) in [6.45, 7) is 24.8. The van der Waals surface area contributed by atoms with Gasteiger partial charge < -0.3 is 13.3 Å². The average Bonchev–Trinajstić information content (AvgIpc) is 2.62. The van der Waals surface area contributed by atoms with Crippen LogP contribution < -0.4 is 0 Å². The molecule has 0 aliphatic heterocycles. The molecule has 1 radical (unpaired) electrons. The van der Waals surface area contributed by atoms with Gasteiger partial charge in [-0.1, -0.05) is 68.2 Å². The lowest BCUT2D eigenvalue weighted by molar-refractivity contribution is -0.140. The van der Waals surface area contributed by atoms with Crippen LogP contribution in [-0.4, -0.2) is 36.8 Å². The fourth-order valence-electron chi connectivity index (χ4n) is 4.19. The molecule has 0 amide bonds. The van der Waals surface area contributed by atoms with Crippen molar-refractivity contribution in [3.8, 4) is 0 Å². The second-order valence-electron chi connectivity index (χ2n) is 8.89. The molecule has 0 saturated carbocycles. The monoisotopic (exact) mass is 417 g/mol. The number of carbonyl (C=O) groups excluding carboxylic acids is 1. The highest BCUT2D eigenvalue weighted by Crippen LogP contribution is 2.54. The van der Waals surface area contributed by atoms with Crippen molar-refractivity contribution >= 4 is 23.6 Å². The third-order valence-electron chi connectivity index (χ3n) is 6.28. The zero-order chi connectivity index (χ0) is 21.5. The van der Waals surface area contributed by atoms with E-state index in [4.69, 9.17) is 13.3 Å². The molecule has 0 saturated heterocycles. The fraction of sp³-hybridized carbons (Fsp3) is 0.952. The second-order valence-corrected chi connectivity index (χ2v) is 16.4. The molecule has 3 unspecified atom stereocenters. The van der Waals surface area contributed by atoms with Crippen molar-refractivity contribution in [2.45, 2.75) is 117 Å². The van der Waals surface area contributed by atoms with Crippen LogP contribution in [0.4, 0.5) is 0 Å². The number of hydrogen-bond acceptors (Lipinski definition) is 4. The van der Waals surface area contributed by atoms with Crippen LogP contribution in [0.5, 0.6) is 0 Å². The van der Waals surface area contributed by atoms with Crippen LogP contribution in [-0.2, 0) is 18.1 Å². The Labute approximate surface area is 171 Å². The zero-order valence-electron chi connectivity index (χ0n) is 19.8. The molecule has 161 valence electrons. The van der Waals surface area contributed by atoms with Crippen LogP contribution in [0.1, 0.15) is 95.4 Å². The minimum absolute atomic E-state index is 0.0354. The van der Waals surface area contributed by atoms with Crippen molar-refractivity contribution in [1.82, 2.24) is 0 Å². The molecule has 0 N–H and O–H groups in total. The Morgan fingerprint density at radius 2 is 1.30 bits per heavy atom. The predicted molar refractivity (Wildman–Crippen MR) is 119 cm³/mol. The first-order valence-corrected chi connectivity index (χ1v) is 14.2. The predicted octanol–water partition coefficient (Wildman–Crippen LogP) is 6.61. The summed E-state index contributed by atoms with van der Waals surface area (Å²) in [5.74, 6) is -0.108. The van der Waals surface area contributed by atoms with Crippen molar-refractivity contribution in [3.05, 3.63) is 0 Å². The molecular weight excluding hydrogens is 372 g/mol. The molecule has 0 aliphatic carbocycles. The van der Waals surface area contributed by atoms with Crippen molar-refractivity contribution in [2.75, 3.05) is 13.2 Å². The largest absolute Gasteiger partial charge is 0.518 e. The summed E-state index contributed by atoms with van der Waals surface area (Å²) in [6, 6.07) is 0. The molecular formula is C21H45O4Si2. The summed E-state index contributed by atoms with van der Waals surface area (Å²) in [7, 11) is -4.20. The molecule has 0 aliphatic rings. The van der Waals surface area contributed by atoms with Crippen molar-refractivity contribution in [3.63, 3.8) is 0 Å². The molecule has 0 aromatic carbocycles. The van der Waals surface area contributed by atoms with Crippen LogP contribution >= 0.6 is 0 Å². The molecule has 0 aromatic rings. The molecule has 4 nitrogen and oxygen atoms in total. The average molecular weight is 418 g/mol. The van der Waals surface area contributed by atoms with Gasteiger partial charge in [-0.05, 0) is 43.3 Å². The van der Waals surface area contributed by atoms with E-state index in [1.165, 1.54) is 0 Å². The molecule has 3 atom stereocenters. The van der Waals surface area contributed by atoms with Crippen molar-refractivity contribution < 1.29 is 18.1 Å².